The van der Waals surface area contributed by atoms with E-state index in [4.69, 9.17) is 5.11 Å². The molecule has 2 rings (SSSR count). The smallest absolute Gasteiger partial charge is 0.407 e. The summed E-state index contributed by atoms with van der Waals surface area (Å²) in [6.07, 6.45) is -0.0503. The van der Waals surface area contributed by atoms with Crippen LogP contribution < -0.4 is 0 Å². The molecule has 4 nitrogen and oxygen atoms in total. The minimum atomic E-state index is -0.966. The number of hydrogen-bond acceptors (Lipinski definition) is 2. The zero-order valence-electron chi connectivity index (χ0n) is 9.80. The molecule has 96 valence electrons. The largest absolute Gasteiger partial charge is 0.465 e. The number of Topliss-reactive ketones (excluding diaryl/α,β-unsaturated/α-hetero) is 1. The number of nitrogens with zero attached hydrogens (tertiary/aromatic N) is 1. The number of carboxylic acid groups (broad SMARTS) is 1. The third-order valence-corrected chi connectivity index (χ3v) is 3.28. The van der Waals surface area contributed by atoms with Gasteiger partial charge < -0.3 is 10.0 Å². The molecule has 1 amide bonds. The molecule has 0 saturated carbocycles. The molecule has 1 heterocycles. The summed E-state index contributed by atoms with van der Waals surface area (Å²) in [5.41, 5.74) is 0.103. The molecule has 1 aliphatic rings. The maximum Gasteiger partial charge on any atom is 0.407 e. The van der Waals surface area contributed by atoms with Gasteiger partial charge in [-0.3, -0.25) is 4.79 Å². The van der Waals surface area contributed by atoms with Crippen LogP contribution in [-0.4, -0.2) is 35.0 Å². The Labute approximate surface area is 104 Å². The summed E-state index contributed by atoms with van der Waals surface area (Å²) >= 11 is 0. The minimum absolute atomic E-state index is 0.103. The number of ketones is 1. The Balaban J connectivity index is 2.04. The van der Waals surface area contributed by atoms with Gasteiger partial charge in [-0.25, -0.2) is 9.18 Å². The van der Waals surface area contributed by atoms with Crippen LogP contribution in [0.1, 0.15) is 23.2 Å². The van der Waals surface area contributed by atoms with E-state index in [1.165, 1.54) is 17.0 Å². The zero-order valence-corrected chi connectivity index (χ0v) is 9.80. The van der Waals surface area contributed by atoms with Crippen LogP contribution in [0.4, 0.5) is 9.18 Å². The number of hydrogen-bond donors (Lipinski definition) is 1. The molecule has 0 aromatic heterocycles. The van der Waals surface area contributed by atoms with Gasteiger partial charge >= 0.3 is 6.09 Å². The number of carbonyl (C=O) groups is 2. The van der Waals surface area contributed by atoms with E-state index in [2.05, 4.69) is 0 Å². The molecule has 1 saturated heterocycles. The second kappa shape index (κ2) is 5.16. The monoisotopic (exact) mass is 251 g/mol. The van der Waals surface area contributed by atoms with E-state index >= 15 is 0 Å². The molecule has 0 spiro atoms. The van der Waals surface area contributed by atoms with Gasteiger partial charge in [-0.05, 0) is 25.0 Å². The van der Waals surface area contributed by atoms with Crippen LogP contribution >= 0.6 is 0 Å². The first kappa shape index (κ1) is 12.5. The molecule has 1 aromatic carbocycles. The van der Waals surface area contributed by atoms with Crippen molar-refractivity contribution in [3.8, 4) is 0 Å². The first-order chi connectivity index (χ1) is 8.59. The van der Waals surface area contributed by atoms with Crippen LogP contribution in [0.3, 0.4) is 0 Å². The van der Waals surface area contributed by atoms with Crippen LogP contribution in [0.5, 0.6) is 0 Å². The number of piperidine rings is 1. The molecule has 0 atom stereocenters. The highest BCUT2D eigenvalue weighted by Crippen LogP contribution is 2.23. The number of rotatable bonds is 2. The van der Waals surface area contributed by atoms with Crippen LogP contribution in [0.25, 0.3) is 0 Å². The van der Waals surface area contributed by atoms with Gasteiger partial charge in [0.05, 0.1) is 5.56 Å². The first-order valence-electron chi connectivity index (χ1n) is 5.86. The van der Waals surface area contributed by atoms with E-state index in [9.17, 15) is 14.0 Å². The molecule has 0 unspecified atom stereocenters. The van der Waals surface area contributed by atoms with Crippen LogP contribution in [-0.2, 0) is 0 Å². The summed E-state index contributed by atoms with van der Waals surface area (Å²) < 4.78 is 13.5. The Hall–Kier alpha value is -1.91. The highest BCUT2D eigenvalue weighted by atomic mass is 19.1. The fourth-order valence-electron chi connectivity index (χ4n) is 2.21. The van der Waals surface area contributed by atoms with E-state index < -0.39 is 11.9 Å². The van der Waals surface area contributed by atoms with E-state index in [1.54, 1.807) is 12.1 Å². The number of likely N-dealkylation sites (tertiary alicyclic amines) is 1. The molecular weight excluding hydrogens is 237 g/mol. The van der Waals surface area contributed by atoms with E-state index in [1.807, 2.05) is 0 Å². The third kappa shape index (κ3) is 2.50. The van der Waals surface area contributed by atoms with Crippen LogP contribution in [0, 0.1) is 11.7 Å². The Kier molecular flexibility index (Phi) is 3.60. The Morgan fingerprint density at radius 2 is 1.83 bits per heavy atom. The second-order valence-electron chi connectivity index (χ2n) is 4.39. The number of carbonyl (C=O) groups excluding carboxylic acids is 1. The molecule has 5 heteroatoms. The zero-order chi connectivity index (χ0) is 13.1. The lowest BCUT2D eigenvalue weighted by atomic mass is 9.89. The van der Waals surface area contributed by atoms with Gasteiger partial charge in [0.25, 0.3) is 0 Å². The highest BCUT2D eigenvalue weighted by Gasteiger charge is 2.28. The van der Waals surface area contributed by atoms with Gasteiger partial charge in [0.1, 0.15) is 5.82 Å². The Morgan fingerprint density at radius 3 is 2.39 bits per heavy atom. The fraction of sp³-hybridized carbons (Fsp3) is 0.385. The molecular formula is C13H14FNO3. The molecule has 1 fully saturated rings. The van der Waals surface area contributed by atoms with Gasteiger partial charge in [0.15, 0.2) is 5.78 Å². The average molecular weight is 251 g/mol. The lowest BCUT2D eigenvalue weighted by Crippen LogP contribution is -2.39. The van der Waals surface area contributed by atoms with Crippen molar-refractivity contribution >= 4 is 11.9 Å². The molecule has 0 radical (unpaired) electrons. The summed E-state index contributed by atoms with van der Waals surface area (Å²) in [5, 5.41) is 8.81. The molecule has 18 heavy (non-hydrogen) atoms. The third-order valence-electron chi connectivity index (χ3n) is 3.28. The summed E-state index contributed by atoms with van der Waals surface area (Å²) in [6, 6.07) is 5.91. The van der Waals surface area contributed by atoms with Crippen molar-refractivity contribution in [2.24, 2.45) is 5.92 Å². The molecule has 1 aliphatic heterocycles. The van der Waals surface area contributed by atoms with Crippen molar-refractivity contribution in [1.82, 2.24) is 4.90 Å². The van der Waals surface area contributed by atoms with E-state index in [-0.39, 0.29) is 17.3 Å². The highest BCUT2D eigenvalue weighted by molar-refractivity contribution is 5.98. The predicted molar refractivity (Wildman–Crippen MR) is 63.1 cm³/mol. The van der Waals surface area contributed by atoms with Crippen molar-refractivity contribution in [3.05, 3.63) is 35.6 Å². The van der Waals surface area contributed by atoms with Crippen molar-refractivity contribution in [2.75, 3.05) is 13.1 Å². The quantitative estimate of drug-likeness (QED) is 0.821. The first-order valence-corrected chi connectivity index (χ1v) is 5.86. The van der Waals surface area contributed by atoms with Crippen molar-refractivity contribution in [3.63, 3.8) is 0 Å². The van der Waals surface area contributed by atoms with Gasteiger partial charge in [-0.1, -0.05) is 12.1 Å². The molecule has 0 bridgehead atoms. The minimum Gasteiger partial charge on any atom is -0.465 e. The van der Waals surface area contributed by atoms with Crippen molar-refractivity contribution in [1.29, 1.82) is 0 Å². The second-order valence-corrected chi connectivity index (χ2v) is 4.39. The van der Waals surface area contributed by atoms with Crippen molar-refractivity contribution in [2.45, 2.75) is 12.8 Å². The maximum atomic E-state index is 13.5. The predicted octanol–water partition coefficient (Wildman–Crippen LogP) is 2.40. The fourth-order valence-corrected chi connectivity index (χ4v) is 2.21. The Bertz CT molecular complexity index is 467. The number of amides is 1. The number of benzene rings is 1. The summed E-state index contributed by atoms with van der Waals surface area (Å²) in [5.74, 6) is -1.01. The standard InChI is InChI=1S/C13H14FNO3/c14-11-4-2-1-3-10(11)12(16)9-5-7-15(8-6-9)13(17)18/h1-4,9H,5-8H2,(H,17,18). The van der Waals surface area contributed by atoms with E-state index in [0.717, 1.165) is 0 Å². The summed E-state index contributed by atoms with van der Waals surface area (Å²) in [7, 11) is 0. The summed E-state index contributed by atoms with van der Waals surface area (Å²) in [6.45, 7) is 0.667. The number of halogens is 1. The summed E-state index contributed by atoms with van der Waals surface area (Å²) in [4.78, 5) is 24.1. The lowest BCUT2D eigenvalue weighted by molar-refractivity contribution is 0.0817. The van der Waals surface area contributed by atoms with Crippen LogP contribution in [0.2, 0.25) is 0 Å². The van der Waals surface area contributed by atoms with Crippen molar-refractivity contribution < 1.29 is 19.1 Å². The normalized spacial score (nSPS) is 16.6. The van der Waals surface area contributed by atoms with E-state index in [0.29, 0.717) is 25.9 Å². The molecule has 1 aromatic rings. The SMILES string of the molecule is O=C(c1ccccc1F)C1CCN(C(=O)O)CC1. The Morgan fingerprint density at radius 1 is 1.22 bits per heavy atom. The average Bonchev–Trinajstić information content (AvgIpc) is 2.38. The molecule has 0 aliphatic carbocycles. The lowest BCUT2D eigenvalue weighted by Gasteiger charge is -2.29. The van der Waals surface area contributed by atoms with Gasteiger partial charge in [-0.2, -0.15) is 0 Å². The van der Waals surface area contributed by atoms with Gasteiger partial charge in [0.2, 0.25) is 0 Å². The topological polar surface area (TPSA) is 57.6 Å². The maximum absolute atomic E-state index is 13.5. The van der Waals surface area contributed by atoms with Crippen LogP contribution in [0.15, 0.2) is 24.3 Å². The van der Waals surface area contributed by atoms with Gasteiger partial charge in [-0.15, -0.1) is 0 Å². The van der Waals surface area contributed by atoms with Gasteiger partial charge in [0, 0.05) is 19.0 Å². The molecule has 1 N–H and O–H groups in total.